The summed E-state index contributed by atoms with van der Waals surface area (Å²) in [4.78, 5) is 0.242. The number of hydrogen-bond donors (Lipinski definition) is 0. The van der Waals surface area contributed by atoms with Crippen LogP contribution >= 0.6 is 0 Å². The molecule has 140 valence electrons. The molecule has 4 rings (SSSR count). The maximum atomic E-state index is 13.2. The largest absolute Gasteiger partial charge is 0.497 e. The fourth-order valence-electron chi connectivity index (χ4n) is 3.24. The first-order valence-electron chi connectivity index (χ1n) is 8.90. The van der Waals surface area contributed by atoms with Crippen LogP contribution in [0.1, 0.15) is 27.7 Å². The van der Waals surface area contributed by atoms with Crippen molar-refractivity contribution in [3.63, 3.8) is 0 Å². The molecule has 1 aliphatic heterocycles. The number of aromatic nitrogens is 1. The molecule has 0 unspecified atom stereocenters. The fourth-order valence-corrected chi connectivity index (χ4v) is 4.64. The number of para-hydroxylation sites is 1. The van der Waals surface area contributed by atoms with Crippen LogP contribution in [0, 0.1) is 0 Å². The third-order valence-corrected chi connectivity index (χ3v) is 7.20. The van der Waals surface area contributed by atoms with Gasteiger partial charge in [-0.25, -0.2) is 12.4 Å². The van der Waals surface area contributed by atoms with Gasteiger partial charge < -0.3 is 9.31 Å². The van der Waals surface area contributed by atoms with E-state index in [1.165, 1.54) is 3.97 Å². The topological polar surface area (TPSA) is 57.5 Å². The highest BCUT2D eigenvalue weighted by Crippen LogP contribution is 2.37. The van der Waals surface area contributed by atoms with Gasteiger partial charge in [0, 0.05) is 17.0 Å². The van der Waals surface area contributed by atoms with Crippen molar-refractivity contribution in [2.75, 3.05) is 0 Å². The Hall–Kier alpha value is -2.09. The maximum absolute atomic E-state index is 13.2. The van der Waals surface area contributed by atoms with Crippen molar-refractivity contribution in [1.29, 1.82) is 0 Å². The van der Waals surface area contributed by atoms with Crippen molar-refractivity contribution in [1.82, 2.24) is 3.97 Å². The molecule has 7 heteroatoms. The van der Waals surface area contributed by atoms with Crippen molar-refractivity contribution in [3.8, 4) is 0 Å². The normalized spacial score (nSPS) is 18.9. The van der Waals surface area contributed by atoms with Gasteiger partial charge in [-0.2, -0.15) is 0 Å². The van der Waals surface area contributed by atoms with E-state index >= 15 is 0 Å². The molecule has 0 amide bonds. The summed E-state index contributed by atoms with van der Waals surface area (Å²) >= 11 is 0. The minimum absolute atomic E-state index is 0.242. The lowest BCUT2D eigenvalue weighted by atomic mass is 9.79. The standard InChI is InChI=1S/C20H22BNO4S/c1-19(2)20(3,4)26-21(25-19)17-14-22(18-13-9-8-12-16(17)18)27(23,24)15-10-6-5-7-11-15/h5-14H,1-4H3. The molecule has 1 saturated heterocycles. The van der Waals surface area contributed by atoms with Crippen LogP contribution in [0.15, 0.2) is 65.7 Å². The molecule has 1 aromatic heterocycles. The second-order valence-electron chi connectivity index (χ2n) is 7.80. The highest BCUT2D eigenvalue weighted by Gasteiger charge is 2.52. The number of benzene rings is 2. The first-order chi connectivity index (χ1) is 12.6. The Morgan fingerprint density at radius 1 is 0.852 bits per heavy atom. The van der Waals surface area contributed by atoms with E-state index in [9.17, 15) is 8.42 Å². The van der Waals surface area contributed by atoms with Gasteiger partial charge in [0.15, 0.2) is 0 Å². The summed E-state index contributed by atoms with van der Waals surface area (Å²) in [5.74, 6) is 0. The zero-order chi connectivity index (χ0) is 19.4. The Labute approximate surface area is 160 Å². The molecule has 27 heavy (non-hydrogen) atoms. The van der Waals surface area contributed by atoms with E-state index in [1.54, 1.807) is 42.6 Å². The van der Waals surface area contributed by atoms with Crippen LogP contribution in [-0.2, 0) is 19.3 Å². The Morgan fingerprint density at radius 3 is 2.04 bits per heavy atom. The molecule has 0 aliphatic carbocycles. The molecule has 0 atom stereocenters. The summed E-state index contributed by atoms with van der Waals surface area (Å²) in [5, 5.41) is 0.801. The summed E-state index contributed by atoms with van der Waals surface area (Å²) in [6.07, 6.45) is 1.62. The smallest absolute Gasteiger partial charge is 0.399 e. The van der Waals surface area contributed by atoms with Gasteiger partial charge >= 0.3 is 7.12 Å². The van der Waals surface area contributed by atoms with Gasteiger partial charge in [0.05, 0.1) is 21.6 Å². The molecule has 0 saturated carbocycles. The molecule has 5 nitrogen and oxygen atoms in total. The molecule has 1 aliphatic rings. The number of hydrogen-bond acceptors (Lipinski definition) is 4. The van der Waals surface area contributed by atoms with Crippen molar-refractivity contribution < 1.29 is 17.7 Å². The van der Waals surface area contributed by atoms with Crippen LogP contribution in [0.25, 0.3) is 10.9 Å². The number of nitrogens with zero attached hydrogens (tertiary/aromatic N) is 1. The monoisotopic (exact) mass is 383 g/mol. The highest BCUT2D eigenvalue weighted by molar-refractivity contribution is 7.90. The van der Waals surface area contributed by atoms with Gasteiger partial charge in [-0.1, -0.05) is 36.4 Å². The predicted molar refractivity (Wildman–Crippen MR) is 107 cm³/mol. The summed E-state index contributed by atoms with van der Waals surface area (Å²) in [5.41, 5.74) is 0.313. The van der Waals surface area contributed by atoms with Crippen LogP contribution in [0.5, 0.6) is 0 Å². The lowest BCUT2D eigenvalue weighted by molar-refractivity contribution is 0.00578. The SMILES string of the molecule is CC1(C)OB(c2cn(S(=O)(=O)c3ccccc3)c3ccccc23)OC1(C)C. The Balaban J connectivity index is 1.89. The van der Waals surface area contributed by atoms with Gasteiger partial charge in [-0.15, -0.1) is 0 Å². The van der Waals surface area contributed by atoms with Crippen LogP contribution in [0.3, 0.4) is 0 Å². The summed E-state index contributed by atoms with van der Waals surface area (Å²) < 4.78 is 40.1. The van der Waals surface area contributed by atoms with E-state index in [-0.39, 0.29) is 4.90 Å². The second-order valence-corrected chi connectivity index (χ2v) is 9.62. The highest BCUT2D eigenvalue weighted by atomic mass is 32.2. The van der Waals surface area contributed by atoms with Gasteiger partial charge in [0.25, 0.3) is 10.0 Å². The first kappa shape index (κ1) is 18.3. The lowest BCUT2D eigenvalue weighted by Gasteiger charge is -2.32. The molecule has 0 spiro atoms. The van der Waals surface area contributed by atoms with Crippen LogP contribution in [0.2, 0.25) is 0 Å². The van der Waals surface area contributed by atoms with Crippen molar-refractivity contribution in [2.45, 2.75) is 43.8 Å². The Bertz CT molecular complexity index is 1090. The number of fused-ring (bicyclic) bond motifs is 1. The summed E-state index contributed by atoms with van der Waals surface area (Å²) in [7, 11) is -4.36. The summed E-state index contributed by atoms with van der Waals surface area (Å²) in [6, 6.07) is 15.8. The summed E-state index contributed by atoms with van der Waals surface area (Å²) in [6.45, 7) is 7.92. The quantitative estimate of drug-likeness (QED) is 0.652. The number of rotatable bonds is 3. The zero-order valence-corrected chi connectivity index (χ0v) is 16.7. The minimum Gasteiger partial charge on any atom is -0.399 e. The maximum Gasteiger partial charge on any atom is 0.497 e. The third-order valence-electron chi connectivity index (χ3n) is 5.52. The van der Waals surface area contributed by atoms with Crippen molar-refractivity contribution >= 4 is 33.5 Å². The molecule has 3 aromatic rings. The first-order valence-corrected chi connectivity index (χ1v) is 10.3. The zero-order valence-electron chi connectivity index (χ0n) is 15.8. The molecule has 2 aromatic carbocycles. The van der Waals surface area contributed by atoms with Gasteiger partial charge in [0.1, 0.15) is 0 Å². The van der Waals surface area contributed by atoms with E-state index in [1.807, 2.05) is 45.9 Å². The van der Waals surface area contributed by atoms with E-state index in [2.05, 4.69) is 0 Å². The van der Waals surface area contributed by atoms with E-state index in [0.717, 1.165) is 5.39 Å². The molecular weight excluding hydrogens is 361 g/mol. The van der Waals surface area contributed by atoms with Gasteiger partial charge in [-0.05, 0) is 45.9 Å². The second kappa shape index (κ2) is 5.96. The average Bonchev–Trinajstić information content (AvgIpc) is 3.11. The molecule has 0 radical (unpaired) electrons. The lowest BCUT2D eigenvalue weighted by Crippen LogP contribution is -2.41. The third kappa shape index (κ3) is 2.81. The average molecular weight is 383 g/mol. The van der Waals surface area contributed by atoms with Crippen molar-refractivity contribution in [3.05, 3.63) is 60.8 Å². The predicted octanol–water partition coefficient (Wildman–Crippen LogP) is 3.18. The molecule has 1 fully saturated rings. The molecule has 0 bridgehead atoms. The van der Waals surface area contributed by atoms with E-state index in [4.69, 9.17) is 9.31 Å². The van der Waals surface area contributed by atoms with Crippen LogP contribution in [-0.4, -0.2) is 30.7 Å². The van der Waals surface area contributed by atoms with E-state index in [0.29, 0.717) is 11.0 Å². The minimum atomic E-state index is -3.73. The van der Waals surface area contributed by atoms with Crippen molar-refractivity contribution in [2.24, 2.45) is 0 Å². The van der Waals surface area contributed by atoms with Crippen LogP contribution < -0.4 is 5.46 Å². The van der Waals surface area contributed by atoms with Gasteiger partial charge in [0.2, 0.25) is 0 Å². The van der Waals surface area contributed by atoms with Crippen LogP contribution in [0.4, 0.5) is 0 Å². The Morgan fingerprint density at radius 2 is 1.41 bits per heavy atom. The van der Waals surface area contributed by atoms with E-state index < -0.39 is 28.3 Å². The fraction of sp³-hybridized carbons (Fsp3) is 0.300. The molecule has 2 heterocycles. The molecule has 0 N–H and O–H groups in total. The Kier molecular flexibility index (Phi) is 4.03. The van der Waals surface area contributed by atoms with Gasteiger partial charge in [-0.3, -0.25) is 0 Å². The molecular formula is C20H22BNO4S.